The zero-order chi connectivity index (χ0) is 16.6. The van der Waals surface area contributed by atoms with Gasteiger partial charge in [0.05, 0.1) is 12.1 Å². The molecule has 0 amide bonds. The number of methoxy groups -OCH3 is 1. The van der Waals surface area contributed by atoms with Crippen LogP contribution in [-0.2, 0) is 9.47 Å². The molecule has 1 aliphatic heterocycles. The highest BCUT2D eigenvalue weighted by atomic mass is 16.5. The van der Waals surface area contributed by atoms with E-state index < -0.39 is 0 Å². The van der Waals surface area contributed by atoms with Crippen molar-refractivity contribution >= 4 is 5.96 Å². The topological polar surface area (TPSA) is 58.1 Å². The number of likely N-dealkylation sites (N-methyl/N-ethyl adjacent to an activating group) is 1. The molecule has 1 fully saturated rings. The highest BCUT2D eigenvalue weighted by Crippen LogP contribution is 2.25. The number of guanidine groups is 1. The molecule has 130 valence electrons. The van der Waals surface area contributed by atoms with Crippen LogP contribution in [0.25, 0.3) is 0 Å². The Kier molecular flexibility index (Phi) is 7.59. The molecular formula is C16H34N4O2. The maximum atomic E-state index is 5.52. The highest BCUT2D eigenvalue weighted by Gasteiger charge is 2.34. The third-order valence-corrected chi connectivity index (χ3v) is 4.47. The lowest BCUT2D eigenvalue weighted by Crippen LogP contribution is -2.57. The number of aliphatic imine (C=N–C) groups is 1. The van der Waals surface area contributed by atoms with Crippen LogP contribution >= 0.6 is 0 Å². The van der Waals surface area contributed by atoms with Crippen molar-refractivity contribution in [3.63, 3.8) is 0 Å². The first kappa shape index (κ1) is 19.2. The molecule has 1 aliphatic rings. The Hall–Kier alpha value is -0.850. The van der Waals surface area contributed by atoms with E-state index >= 15 is 0 Å². The first-order valence-corrected chi connectivity index (χ1v) is 8.18. The highest BCUT2D eigenvalue weighted by molar-refractivity contribution is 5.79. The van der Waals surface area contributed by atoms with Crippen LogP contribution in [-0.4, -0.2) is 76.1 Å². The molecule has 0 atom stereocenters. The van der Waals surface area contributed by atoms with Crippen molar-refractivity contribution in [1.82, 2.24) is 15.5 Å². The van der Waals surface area contributed by atoms with E-state index in [-0.39, 0.29) is 11.1 Å². The molecule has 6 heteroatoms. The second kappa shape index (κ2) is 8.70. The van der Waals surface area contributed by atoms with Crippen LogP contribution < -0.4 is 10.6 Å². The van der Waals surface area contributed by atoms with E-state index in [1.807, 2.05) is 13.8 Å². The predicted molar refractivity (Wildman–Crippen MR) is 91.5 cm³/mol. The largest absolute Gasteiger partial charge is 0.381 e. The van der Waals surface area contributed by atoms with Crippen LogP contribution in [0.2, 0.25) is 0 Å². The van der Waals surface area contributed by atoms with Gasteiger partial charge in [0.1, 0.15) is 0 Å². The van der Waals surface area contributed by atoms with E-state index in [1.165, 1.54) is 0 Å². The van der Waals surface area contributed by atoms with Gasteiger partial charge in [-0.3, -0.25) is 4.99 Å². The molecule has 0 aromatic heterocycles. The number of nitrogens with one attached hydrogen (secondary N) is 2. The Morgan fingerprint density at radius 1 is 1.27 bits per heavy atom. The van der Waals surface area contributed by atoms with Crippen molar-refractivity contribution in [2.75, 3.05) is 54.1 Å². The van der Waals surface area contributed by atoms with E-state index in [4.69, 9.17) is 9.47 Å². The van der Waals surface area contributed by atoms with Gasteiger partial charge < -0.3 is 25.0 Å². The van der Waals surface area contributed by atoms with Gasteiger partial charge in [-0.15, -0.1) is 0 Å². The van der Waals surface area contributed by atoms with Crippen molar-refractivity contribution in [3.8, 4) is 0 Å². The van der Waals surface area contributed by atoms with E-state index in [9.17, 15) is 0 Å². The summed E-state index contributed by atoms with van der Waals surface area (Å²) in [4.78, 5) is 6.96. The summed E-state index contributed by atoms with van der Waals surface area (Å²) < 4.78 is 11.0. The Labute approximate surface area is 135 Å². The van der Waals surface area contributed by atoms with Gasteiger partial charge in [0.25, 0.3) is 0 Å². The normalized spacial score (nSPS) is 19.3. The molecule has 1 heterocycles. The summed E-state index contributed by atoms with van der Waals surface area (Å²) in [5, 5.41) is 6.80. The molecule has 6 nitrogen and oxygen atoms in total. The second-order valence-electron chi connectivity index (χ2n) is 6.74. The zero-order valence-corrected chi connectivity index (χ0v) is 15.2. The summed E-state index contributed by atoms with van der Waals surface area (Å²) in [6, 6.07) is 0. The molecule has 0 bridgehead atoms. The fourth-order valence-electron chi connectivity index (χ4n) is 2.46. The third kappa shape index (κ3) is 5.74. The van der Waals surface area contributed by atoms with Crippen molar-refractivity contribution < 1.29 is 9.47 Å². The quantitative estimate of drug-likeness (QED) is 0.544. The Balaban J connectivity index is 2.67. The Morgan fingerprint density at radius 3 is 2.41 bits per heavy atom. The molecule has 0 aromatic rings. The minimum atomic E-state index is -0.250. The summed E-state index contributed by atoms with van der Waals surface area (Å²) >= 11 is 0. The lowest BCUT2D eigenvalue weighted by Gasteiger charge is -2.43. The fraction of sp³-hybridized carbons (Fsp3) is 0.938. The predicted octanol–water partition coefficient (Wildman–Crippen LogP) is 1.08. The SMILES string of the molecule is CCNC(=NCC(C)(C)OC)NCC1(N(C)C)CCOCC1. The summed E-state index contributed by atoms with van der Waals surface area (Å²) in [6.07, 6.45) is 2.08. The Morgan fingerprint density at radius 2 is 1.91 bits per heavy atom. The van der Waals surface area contributed by atoms with E-state index in [0.717, 1.165) is 45.1 Å². The van der Waals surface area contributed by atoms with Gasteiger partial charge in [-0.2, -0.15) is 0 Å². The molecule has 0 aromatic carbocycles. The standard InChI is InChI=1S/C16H34N4O2/c1-7-17-14(18-12-15(2,3)21-6)19-13-16(20(4)5)8-10-22-11-9-16/h7-13H2,1-6H3,(H2,17,18,19). The minimum absolute atomic E-state index is 0.130. The average Bonchev–Trinajstić information content (AvgIpc) is 2.51. The fourth-order valence-corrected chi connectivity index (χ4v) is 2.46. The summed E-state index contributed by atoms with van der Waals surface area (Å²) in [5.41, 5.74) is -0.120. The van der Waals surface area contributed by atoms with Crippen LogP contribution in [0.3, 0.4) is 0 Å². The molecule has 1 rings (SSSR count). The lowest BCUT2D eigenvalue weighted by molar-refractivity contribution is -0.00505. The van der Waals surface area contributed by atoms with Crippen LogP contribution in [0, 0.1) is 0 Å². The molecule has 0 radical (unpaired) electrons. The molecule has 0 unspecified atom stereocenters. The summed E-state index contributed by atoms with van der Waals surface area (Å²) in [6.45, 7) is 10.1. The maximum Gasteiger partial charge on any atom is 0.191 e. The van der Waals surface area contributed by atoms with Crippen LogP contribution in [0.1, 0.15) is 33.6 Å². The number of nitrogens with zero attached hydrogens (tertiary/aromatic N) is 2. The van der Waals surface area contributed by atoms with Gasteiger partial charge in [-0.05, 0) is 47.7 Å². The van der Waals surface area contributed by atoms with Crippen molar-refractivity contribution in [2.24, 2.45) is 4.99 Å². The van der Waals surface area contributed by atoms with Gasteiger partial charge in [0, 0.05) is 39.0 Å². The molecular weight excluding hydrogens is 280 g/mol. The van der Waals surface area contributed by atoms with Crippen LogP contribution in [0.4, 0.5) is 0 Å². The molecule has 0 saturated carbocycles. The van der Waals surface area contributed by atoms with Gasteiger partial charge in [0.2, 0.25) is 0 Å². The molecule has 22 heavy (non-hydrogen) atoms. The van der Waals surface area contributed by atoms with E-state index in [0.29, 0.717) is 6.54 Å². The van der Waals surface area contributed by atoms with Crippen molar-refractivity contribution in [2.45, 2.75) is 44.8 Å². The smallest absolute Gasteiger partial charge is 0.191 e. The Bertz CT molecular complexity index is 350. The maximum absolute atomic E-state index is 5.52. The number of ether oxygens (including phenoxy) is 2. The molecule has 1 saturated heterocycles. The first-order valence-electron chi connectivity index (χ1n) is 8.18. The lowest BCUT2D eigenvalue weighted by atomic mass is 9.88. The zero-order valence-electron chi connectivity index (χ0n) is 15.2. The molecule has 2 N–H and O–H groups in total. The van der Waals surface area contributed by atoms with E-state index in [1.54, 1.807) is 7.11 Å². The van der Waals surface area contributed by atoms with Gasteiger partial charge >= 0.3 is 0 Å². The summed E-state index contributed by atoms with van der Waals surface area (Å²) in [7, 11) is 6.01. The van der Waals surface area contributed by atoms with Crippen molar-refractivity contribution in [3.05, 3.63) is 0 Å². The summed E-state index contributed by atoms with van der Waals surface area (Å²) in [5.74, 6) is 0.848. The minimum Gasteiger partial charge on any atom is -0.381 e. The van der Waals surface area contributed by atoms with Gasteiger partial charge in [0.15, 0.2) is 5.96 Å². The first-order chi connectivity index (χ1) is 10.4. The van der Waals surface area contributed by atoms with Crippen LogP contribution in [0.15, 0.2) is 4.99 Å². The number of rotatable bonds is 7. The molecule has 0 spiro atoms. The number of hydrogen-bond donors (Lipinski definition) is 2. The molecule has 0 aliphatic carbocycles. The van der Waals surface area contributed by atoms with Crippen molar-refractivity contribution in [1.29, 1.82) is 0 Å². The van der Waals surface area contributed by atoms with Gasteiger partial charge in [-0.1, -0.05) is 0 Å². The number of hydrogen-bond acceptors (Lipinski definition) is 4. The van der Waals surface area contributed by atoms with Crippen LogP contribution in [0.5, 0.6) is 0 Å². The monoisotopic (exact) mass is 314 g/mol. The second-order valence-corrected chi connectivity index (χ2v) is 6.74. The average molecular weight is 314 g/mol. The third-order valence-electron chi connectivity index (χ3n) is 4.47. The van der Waals surface area contributed by atoms with E-state index in [2.05, 4.69) is 41.5 Å². The van der Waals surface area contributed by atoms with Gasteiger partial charge in [-0.25, -0.2) is 0 Å².